The van der Waals surface area contributed by atoms with Crippen LogP contribution in [0, 0.1) is 0 Å². The first kappa shape index (κ1) is 11.4. The van der Waals surface area contributed by atoms with Gasteiger partial charge in [0.1, 0.15) is 0 Å². The Balaban J connectivity index is 2.60. The Labute approximate surface area is 88.2 Å². The molecular weight excluding hydrogens is 194 g/mol. The van der Waals surface area contributed by atoms with E-state index in [0.29, 0.717) is 12.3 Å². The highest BCUT2D eigenvalue weighted by molar-refractivity contribution is 5.86. The predicted octanol–water partition coefficient (Wildman–Crippen LogP) is 1.15. The molecule has 0 spiro atoms. The van der Waals surface area contributed by atoms with E-state index < -0.39 is 0 Å². The van der Waals surface area contributed by atoms with E-state index in [9.17, 15) is 4.79 Å². The molecule has 0 aliphatic carbocycles. The van der Waals surface area contributed by atoms with Crippen LogP contribution in [-0.4, -0.2) is 22.7 Å². The molecular formula is C11H13NO3. The van der Waals surface area contributed by atoms with Gasteiger partial charge in [0.15, 0.2) is 0 Å². The number of ether oxygens (including phenoxy) is 1. The molecule has 0 aliphatic heterocycles. The average Bonchev–Trinajstić information content (AvgIpc) is 2.27. The number of esters is 1. The first-order chi connectivity index (χ1) is 7.26. The van der Waals surface area contributed by atoms with Crippen LogP contribution in [-0.2, 0) is 16.1 Å². The lowest BCUT2D eigenvalue weighted by Crippen LogP contribution is -1.98. The maximum absolute atomic E-state index is 11.0. The minimum Gasteiger partial charge on any atom is -0.463 e. The van der Waals surface area contributed by atoms with Crippen molar-refractivity contribution in [1.82, 2.24) is 4.98 Å². The van der Waals surface area contributed by atoms with Crippen molar-refractivity contribution in [2.45, 2.75) is 13.5 Å². The molecule has 1 heterocycles. The van der Waals surface area contributed by atoms with Gasteiger partial charge in [0.2, 0.25) is 0 Å². The Hall–Kier alpha value is -1.68. The van der Waals surface area contributed by atoms with E-state index in [0.717, 1.165) is 5.56 Å². The van der Waals surface area contributed by atoms with Crippen molar-refractivity contribution in [2.75, 3.05) is 6.61 Å². The summed E-state index contributed by atoms with van der Waals surface area (Å²) in [6, 6.07) is 3.47. The molecule has 80 valence electrons. The minimum absolute atomic E-state index is 0.0329. The highest BCUT2D eigenvalue weighted by Gasteiger charge is 1.95. The van der Waals surface area contributed by atoms with Crippen LogP contribution < -0.4 is 0 Å². The van der Waals surface area contributed by atoms with Gasteiger partial charge in [0, 0.05) is 12.3 Å². The summed E-state index contributed by atoms with van der Waals surface area (Å²) in [7, 11) is 0. The van der Waals surface area contributed by atoms with E-state index in [-0.39, 0.29) is 12.6 Å². The second-order valence-electron chi connectivity index (χ2n) is 2.83. The van der Waals surface area contributed by atoms with Gasteiger partial charge < -0.3 is 9.84 Å². The lowest BCUT2D eigenvalue weighted by atomic mass is 10.2. The molecule has 1 rings (SSSR count). The van der Waals surface area contributed by atoms with Crippen molar-refractivity contribution >= 4 is 12.0 Å². The third-order valence-corrected chi connectivity index (χ3v) is 1.71. The smallest absolute Gasteiger partial charge is 0.330 e. The highest BCUT2D eigenvalue weighted by atomic mass is 16.5. The lowest BCUT2D eigenvalue weighted by Gasteiger charge is -1.96. The zero-order valence-electron chi connectivity index (χ0n) is 8.51. The van der Waals surface area contributed by atoms with Crippen molar-refractivity contribution in [3.63, 3.8) is 0 Å². The fourth-order valence-electron chi connectivity index (χ4n) is 0.972. The van der Waals surface area contributed by atoms with Gasteiger partial charge in [-0.25, -0.2) is 4.79 Å². The summed E-state index contributed by atoms with van der Waals surface area (Å²) in [6.07, 6.45) is 4.45. The minimum atomic E-state index is -0.384. The number of nitrogens with zero attached hydrogens (tertiary/aromatic N) is 1. The molecule has 0 saturated heterocycles. The zero-order chi connectivity index (χ0) is 11.1. The third-order valence-electron chi connectivity index (χ3n) is 1.71. The quantitative estimate of drug-likeness (QED) is 0.594. The molecule has 0 fully saturated rings. The van der Waals surface area contributed by atoms with E-state index >= 15 is 0 Å². The van der Waals surface area contributed by atoms with Gasteiger partial charge in [-0.2, -0.15) is 0 Å². The van der Waals surface area contributed by atoms with Crippen LogP contribution in [0.4, 0.5) is 0 Å². The molecule has 0 bridgehead atoms. The molecule has 0 aliphatic rings. The summed E-state index contributed by atoms with van der Waals surface area (Å²) in [5, 5.41) is 8.78. The van der Waals surface area contributed by atoms with Crippen molar-refractivity contribution in [3.8, 4) is 0 Å². The normalized spacial score (nSPS) is 10.5. The maximum atomic E-state index is 11.0. The molecule has 4 heteroatoms. The van der Waals surface area contributed by atoms with Crippen LogP contribution in [0.1, 0.15) is 18.2 Å². The van der Waals surface area contributed by atoms with Gasteiger partial charge in [-0.15, -0.1) is 0 Å². The van der Waals surface area contributed by atoms with Gasteiger partial charge >= 0.3 is 5.97 Å². The SMILES string of the molecule is CCOC(=O)/C=C/c1ccc(CO)cn1. The van der Waals surface area contributed by atoms with E-state index in [1.807, 2.05) is 0 Å². The van der Waals surface area contributed by atoms with Crippen molar-refractivity contribution < 1.29 is 14.6 Å². The summed E-state index contributed by atoms with van der Waals surface area (Å²) in [6.45, 7) is 2.08. The first-order valence-corrected chi connectivity index (χ1v) is 4.67. The zero-order valence-corrected chi connectivity index (χ0v) is 8.51. The third kappa shape index (κ3) is 3.91. The van der Waals surface area contributed by atoms with Crippen LogP contribution >= 0.6 is 0 Å². The molecule has 0 saturated carbocycles. The lowest BCUT2D eigenvalue weighted by molar-refractivity contribution is -0.137. The maximum Gasteiger partial charge on any atom is 0.330 e. The number of hydrogen-bond donors (Lipinski definition) is 1. The van der Waals surface area contributed by atoms with Crippen LogP contribution in [0.2, 0.25) is 0 Å². The number of aromatic nitrogens is 1. The molecule has 0 unspecified atom stereocenters. The summed E-state index contributed by atoms with van der Waals surface area (Å²) in [4.78, 5) is 15.0. The van der Waals surface area contributed by atoms with Crippen LogP contribution in [0.5, 0.6) is 0 Å². The number of rotatable bonds is 4. The topological polar surface area (TPSA) is 59.4 Å². The van der Waals surface area contributed by atoms with Gasteiger partial charge in [-0.1, -0.05) is 6.07 Å². The Morgan fingerprint density at radius 1 is 1.60 bits per heavy atom. The number of pyridine rings is 1. The molecule has 0 amide bonds. The van der Waals surface area contributed by atoms with Gasteiger partial charge in [0.25, 0.3) is 0 Å². The molecule has 4 nitrogen and oxygen atoms in total. The molecule has 0 atom stereocenters. The van der Waals surface area contributed by atoms with E-state index in [1.54, 1.807) is 31.3 Å². The van der Waals surface area contributed by atoms with Crippen molar-refractivity contribution in [1.29, 1.82) is 0 Å². The standard InChI is InChI=1S/C11H13NO3/c1-2-15-11(14)6-5-10-4-3-9(8-13)7-12-10/h3-7,13H,2,8H2,1H3/b6-5+. The Kier molecular flexibility index (Phi) is 4.50. The number of hydrogen-bond acceptors (Lipinski definition) is 4. The van der Waals surface area contributed by atoms with E-state index in [1.165, 1.54) is 6.08 Å². The molecule has 15 heavy (non-hydrogen) atoms. The number of carbonyl (C=O) groups is 1. The Morgan fingerprint density at radius 2 is 2.40 bits per heavy atom. The molecule has 0 aromatic carbocycles. The second-order valence-corrected chi connectivity index (χ2v) is 2.83. The summed E-state index contributed by atoms with van der Waals surface area (Å²) >= 11 is 0. The monoisotopic (exact) mass is 207 g/mol. The largest absolute Gasteiger partial charge is 0.463 e. The highest BCUT2D eigenvalue weighted by Crippen LogP contribution is 2.02. The number of aliphatic hydroxyl groups is 1. The van der Waals surface area contributed by atoms with Gasteiger partial charge in [0.05, 0.1) is 18.9 Å². The van der Waals surface area contributed by atoms with Crippen LogP contribution in [0.3, 0.4) is 0 Å². The van der Waals surface area contributed by atoms with E-state index in [4.69, 9.17) is 9.84 Å². The average molecular weight is 207 g/mol. The number of aliphatic hydroxyl groups excluding tert-OH is 1. The fraction of sp³-hybridized carbons (Fsp3) is 0.273. The first-order valence-electron chi connectivity index (χ1n) is 4.67. The van der Waals surface area contributed by atoms with E-state index in [2.05, 4.69) is 4.98 Å². The predicted molar refractivity (Wildman–Crippen MR) is 55.8 cm³/mol. The van der Waals surface area contributed by atoms with Crippen LogP contribution in [0.25, 0.3) is 6.08 Å². The molecule has 1 N–H and O–H groups in total. The van der Waals surface area contributed by atoms with Gasteiger partial charge in [-0.3, -0.25) is 4.98 Å². The molecule has 1 aromatic rings. The Morgan fingerprint density at radius 3 is 2.93 bits per heavy atom. The summed E-state index contributed by atoms with van der Waals surface area (Å²) in [5.41, 5.74) is 1.39. The number of carbonyl (C=O) groups excluding carboxylic acids is 1. The van der Waals surface area contributed by atoms with Crippen LogP contribution in [0.15, 0.2) is 24.4 Å². The second kappa shape index (κ2) is 5.93. The van der Waals surface area contributed by atoms with Crippen molar-refractivity contribution in [3.05, 3.63) is 35.7 Å². The molecule has 1 aromatic heterocycles. The summed E-state index contributed by atoms with van der Waals surface area (Å²) < 4.78 is 4.71. The Bertz CT molecular complexity index is 343. The van der Waals surface area contributed by atoms with Gasteiger partial charge in [-0.05, 0) is 24.6 Å². The summed E-state index contributed by atoms with van der Waals surface area (Å²) in [5.74, 6) is -0.384. The fourth-order valence-corrected chi connectivity index (χ4v) is 0.972. The van der Waals surface area contributed by atoms with Crippen molar-refractivity contribution in [2.24, 2.45) is 0 Å². The molecule has 0 radical (unpaired) electrons.